The van der Waals surface area contributed by atoms with Crippen LogP contribution in [-0.2, 0) is 0 Å². The number of likely N-dealkylation sites (tertiary alicyclic amines) is 1. The third kappa shape index (κ3) is 2.74. The van der Waals surface area contributed by atoms with Crippen LogP contribution in [0.2, 0.25) is 0 Å². The molecule has 2 unspecified atom stereocenters. The Kier molecular flexibility index (Phi) is 3.69. The summed E-state index contributed by atoms with van der Waals surface area (Å²) in [6, 6.07) is 4.05. The maximum absolute atomic E-state index is 14.1. The van der Waals surface area contributed by atoms with Crippen molar-refractivity contribution >= 4 is 11.7 Å². The quantitative estimate of drug-likeness (QED) is 0.771. The van der Waals surface area contributed by atoms with Crippen LogP contribution >= 0.6 is 0 Å². The molecule has 0 spiro atoms. The molecule has 2 atom stereocenters. The molecule has 1 amide bonds. The van der Waals surface area contributed by atoms with Gasteiger partial charge >= 0.3 is 0 Å². The van der Waals surface area contributed by atoms with Gasteiger partial charge in [0.15, 0.2) is 0 Å². The maximum Gasteiger partial charge on any atom is 0.274 e. The van der Waals surface area contributed by atoms with Gasteiger partial charge in [0.25, 0.3) is 5.91 Å². The van der Waals surface area contributed by atoms with Crippen LogP contribution in [0, 0.1) is 11.6 Å². The minimum atomic E-state index is -0.813. The van der Waals surface area contributed by atoms with Crippen molar-refractivity contribution in [1.82, 2.24) is 19.3 Å². The van der Waals surface area contributed by atoms with E-state index < -0.39 is 29.7 Å². The number of halogens is 2. The number of fused-ring (bicyclic) bond motifs is 1. The second kappa shape index (κ2) is 5.89. The van der Waals surface area contributed by atoms with Crippen molar-refractivity contribution < 1.29 is 18.7 Å². The zero-order valence-electron chi connectivity index (χ0n) is 13.0. The van der Waals surface area contributed by atoms with Crippen molar-refractivity contribution in [2.24, 2.45) is 0 Å². The summed E-state index contributed by atoms with van der Waals surface area (Å²) in [6.45, 7) is 0.0285. The predicted molar refractivity (Wildman–Crippen MR) is 83.7 cm³/mol. The number of carbonyl (C=O) groups excluding carboxylic acids is 1. The number of β-amino-alcohol motifs (C(OH)–C–C–N with tert-alkyl or cyclic N) is 1. The van der Waals surface area contributed by atoms with Crippen LogP contribution in [0.15, 0.2) is 42.9 Å². The van der Waals surface area contributed by atoms with Gasteiger partial charge in [-0.05, 0) is 30.7 Å². The van der Waals surface area contributed by atoms with Crippen LogP contribution in [0.5, 0.6) is 0 Å². The standard InChI is InChI=1S/C17H14F2N4O2/c18-10-2-3-13(19)12(6-10)15-7-11(24)8-23(15)16(25)14-9-22-5-1-4-20-17(22)21-14/h1-6,9,11,15,24H,7-8H2. The van der Waals surface area contributed by atoms with Crippen LogP contribution in [0.25, 0.3) is 5.78 Å². The Labute approximate surface area is 141 Å². The fraction of sp³-hybridized carbons (Fsp3) is 0.235. The molecule has 0 radical (unpaired) electrons. The second-order valence-corrected chi connectivity index (χ2v) is 5.98. The maximum atomic E-state index is 14.1. The lowest BCUT2D eigenvalue weighted by Crippen LogP contribution is -2.32. The number of aliphatic hydroxyl groups is 1. The molecule has 1 fully saturated rings. The van der Waals surface area contributed by atoms with Gasteiger partial charge in [-0.1, -0.05) is 0 Å². The fourth-order valence-corrected chi connectivity index (χ4v) is 3.18. The van der Waals surface area contributed by atoms with Crippen molar-refractivity contribution in [2.45, 2.75) is 18.6 Å². The number of amides is 1. The van der Waals surface area contributed by atoms with E-state index in [2.05, 4.69) is 9.97 Å². The van der Waals surface area contributed by atoms with E-state index in [0.717, 1.165) is 18.2 Å². The van der Waals surface area contributed by atoms with Gasteiger partial charge in [0.05, 0.1) is 12.1 Å². The van der Waals surface area contributed by atoms with Crippen LogP contribution in [0.4, 0.5) is 8.78 Å². The topological polar surface area (TPSA) is 70.7 Å². The van der Waals surface area contributed by atoms with Crippen molar-refractivity contribution in [3.05, 3.63) is 65.7 Å². The van der Waals surface area contributed by atoms with Crippen molar-refractivity contribution in [3.8, 4) is 0 Å². The van der Waals surface area contributed by atoms with Gasteiger partial charge in [0.1, 0.15) is 17.3 Å². The summed E-state index contributed by atoms with van der Waals surface area (Å²) in [6.07, 6.45) is 4.11. The molecule has 128 valence electrons. The first-order valence-electron chi connectivity index (χ1n) is 7.76. The van der Waals surface area contributed by atoms with Gasteiger partial charge in [-0.2, -0.15) is 0 Å². The molecular weight excluding hydrogens is 330 g/mol. The predicted octanol–water partition coefficient (Wildman–Crippen LogP) is 1.96. The number of aromatic nitrogens is 3. The smallest absolute Gasteiger partial charge is 0.274 e. The van der Waals surface area contributed by atoms with Crippen molar-refractivity contribution in [3.63, 3.8) is 0 Å². The third-order valence-corrected chi connectivity index (χ3v) is 4.31. The molecule has 1 saturated heterocycles. The molecule has 3 aromatic rings. The fourth-order valence-electron chi connectivity index (χ4n) is 3.18. The van der Waals surface area contributed by atoms with Gasteiger partial charge in [-0.25, -0.2) is 18.7 Å². The van der Waals surface area contributed by atoms with Gasteiger partial charge < -0.3 is 10.0 Å². The number of benzene rings is 1. The van der Waals surface area contributed by atoms with Crippen LogP contribution in [-0.4, -0.2) is 42.9 Å². The highest BCUT2D eigenvalue weighted by Gasteiger charge is 2.38. The van der Waals surface area contributed by atoms with Crippen LogP contribution in [0.1, 0.15) is 28.5 Å². The highest BCUT2D eigenvalue weighted by molar-refractivity contribution is 5.93. The minimum absolute atomic E-state index is 0.0285. The minimum Gasteiger partial charge on any atom is -0.391 e. The van der Waals surface area contributed by atoms with Gasteiger partial charge in [0, 0.05) is 30.7 Å². The van der Waals surface area contributed by atoms with Crippen molar-refractivity contribution in [1.29, 1.82) is 0 Å². The summed E-state index contributed by atoms with van der Waals surface area (Å²) in [7, 11) is 0. The zero-order chi connectivity index (χ0) is 17.6. The average Bonchev–Trinajstić information content (AvgIpc) is 3.19. The summed E-state index contributed by atoms with van der Waals surface area (Å²) >= 11 is 0. The van der Waals surface area contributed by atoms with E-state index in [9.17, 15) is 18.7 Å². The van der Waals surface area contributed by atoms with E-state index >= 15 is 0 Å². The molecule has 1 aliphatic rings. The number of aliphatic hydroxyl groups excluding tert-OH is 1. The second-order valence-electron chi connectivity index (χ2n) is 5.98. The number of rotatable bonds is 2. The third-order valence-electron chi connectivity index (χ3n) is 4.31. The molecule has 1 aromatic carbocycles. The summed E-state index contributed by atoms with van der Waals surface area (Å²) in [5.74, 6) is -1.31. The summed E-state index contributed by atoms with van der Waals surface area (Å²) in [5, 5.41) is 9.98. The Bertz CT molecular complexity index is 926. The molecule has 4 rings (SSSR count). The van der Waals surface area contributed by atoms with Gasteiger partial charge in [-0.15, -0.1) is 0 Å². The van der Waals surface area contributed by atoms with E-state index in [1.807, 2.05) is 0 Å². The first-order valence-corrected chi connectivity index (χ1v) is 7.76. The Morgan fingerprint density at radius 1 is 1.32 bits per heavy atom. The zero-order valence-corrected chi connectivity index (χ0v) is 13.0. The number of nitrogens with zero attached hydrogens (tertiary/aromatic N) is 4. The number of imidazole rings is 1. The van der Waals surface area contributed by atoms with Gasteiger partial charge in [-0.3, -0.25) is 9.20 Å². The molecule has 0 saturated carbocycles. The largest absolute Gasteiger partial charge is 0.391 e. The van der Waals surface area contributed by atoms with Gasteiger partial charge in [0.2, 0.25) is 5.78 Å². The van der Waals surface area contributed by atoms with E-state index in [4.69, 9.17) is 0 Å². The first kappa shape index (κ1) is 15.6. The number of carbonyl (C=O) groups is 1. The molecule has 1 aliphatic heterocycles. The first-order chi connectivity index (χ1) is 12.0. The molecule has 2 aromatic heterocycles. The summed E-state index contributed by atoms with van der Waals surface area (Å²) in [5.41, 5.74) is 0.182. The number of hydrogen-bond donors (Lipinski definition) is 1. The molecule has 8 heteroatoms. The molecular formula is C17H14F2N4O2. The molecule has 3 heterocycles. The number of hydrogen-bond acceptors (Lipinski definition) is 4. The van der Waals surface area contributed by atoms with E-state index in [0.29, 0.717) is 5.78 Å². The van der Waals surface area contributed by atoms with E-state index in [1.165, 1.54) is 11.1 Å². The highest BCUT2D eigenvalue weighted by atomic mass is 19.1. The highest BCUT2D eigenvalue weighted by Crippen LogP contribution is 2.35. The van der Waals surface area contributed by atoms with Crippen LogP contribution < -0.4 is 0 Å². The molecule has 0 bridgehead atoms. The normalized spacial score (nSPS) is 20.4. The summed E-state index contributed by atoms with van der Waals surface area (Å²) < 4.78 is 29.3. The molecule has 6 nitrogen and oxygen atoms in total. The SMILES string of the molecule is O=C(c1cn2cccnc2n1)N1CC(O)CC1c1cc(F)ccc1F. The molecule has 25 heavy (non-hydrogen) atoms. The monoisotopic (exact) mass is 344 g/mol. The lowest BCUT2D eigenvalue weighted by atomic mass is 10.0. The summed E-state index contributed by atoms with van der Waals surface area (Å²) in [4.78, 5) is 22.4. The Morgan fingerprint density at radius 2 is 2.16 bits per heavy atom. The lowest BCUT2D eigenvalue weighted by molar-refractivity contribution is 0.0708. The van der Waals surface area contributed by atoms with Crippen LogP contribution in [0.3, 0.4) is 0 Å². The van der Waals surface area contributed by atoms with E-state index in [1.54, 1.807) is 22.9 Å². The van der Waals surface area contributed by atoms with E-state index in [-0.39, 0.29) is 24.2 Å². The Morgan fingerprint density at radius 3 is 2.96 bits per heavy atom. The van der Waals surface area contributed by atoms with Crippen molar-refractivity contribution in [2.75, 3.05) is 6.54 Å². The Balaban J connectivity index is 1.71. The Hall–Kier alpha value is -2.87. The lowest BCUT2D eigenvalue weighted by Gasteiger charge is -2.24. The molecule has 0 aliphatic carbocycles. The average molecular weight is 344 g/mol. The molecule has 1 N–H and O–H groups in total.